The first-order valence-corrected chi connectivity index (χ1v) is 9.20. The standard InChI is InChI=1S/C13H24N2O4S/c16-12-9-20(18,19)8-11(12)14-6-7-15-13(17)10-4-2-1-3-5-10/h10-12,14,16H,1-9H2,(H,15,17)/t11-,12-/m0/s1. The number of aliphatic hydroxyl groups excluding tert-OH is 1. The van der Waals surface area contributed by atoms with E-state index in [0.717, 1.165) is 25.7 Å². The van der Waals surface area contributed by atoms with Crippen LogP contribution in [-0.4, -0.2) is 56.2 Å². The van der Waals surface area contributed by atoms with Crippen molar-refractivity contribution in [2.75, 3.05) is 24.6 Å². The first-order valence-electron chi connectivity index (χ1n) is 7.37. The highest BCUT2D eigenvalue weighted by atomic mass is 32.2. The van der Waals surface area contributed by atoms with Gasteiger partial charge in [0, 0.05) is 25.0 Å². The molecule has 116 valence electrons. The molecule has 6 nitrogen and oxygen atoms in total. The summed E-state index contributed by atoms with van der Waals surface area (Å²) in [7, 11) is -3.12. The average Bonchev–Trinajstić information content (AvgIpc) is 2.68. The van der Waals surface area contributed by atoms with Gasteiger partial charge in [-0.1, -0.05) is 19.3 Å². The Hall–Kier alpha value is -0.660. The van der Waals surface area contributed by atoms with Crippen LogP contribution in [0.2, 0.25) is 0 Å². The maximum Gasteiger partial charge on any atom is 0.223 e. The van der Waals surface area contributed by atoms with E-state index in [1.807, 2.05) is 0 Å². The third kappa shape index (κ3) is 4.43. The number of carbonyl (C=O) groups is 1. The summed E-state index contributed by atoms with van der Waals surface area (Å²) in [5.41, 5.74) is 0. The summed E-state index contributed by atoms with van der Waals surface area (Å²) in [5, 5.41) is 15.5. The van der Waals surface area contributed by atoms with E-state index in [9.17, 15) is 18.3 Å². The van der Waals surface area contributed by atoms with Gasteiger partial charge in [0.1, 0.15) is 0 Å². The van der Waals surface area contributed by atoms with Gasteiger partial charge in [0.2, 0.25) is 5.91 Å². The number of carbonyl (C=O) groups excluding carboxylic acids is 1. The quantitative estimate of drug-likeness (QED) is 0.591. The Morgan fingerprint density at radius 1 is 1.10 bits per heavy atom. The van der Waals surface area contributed by atoms with Gasteiger partial charge < -0.3 is 15.7 Å². The van der Waals surface area contributed by atoms with Crippen molar-refractivity contribution < 1.29 is 18.3 Å². The van der Waals surface area contributed by atoms with Crippen molar-refractivity contribution in [3.8, 4) is 0 Å². The van der Waals surface area contributed by atoms with Crippen molar-refractivity contribution in [1.82, 2.24) is 10.6 Å². The fourth-order valence-electron chi connectivity index (χ4n) is 2.98. The number of amides is 1. The van der Waals surface area contributed by atoms with Gasteiger partial charge in [0.15, 0.2) is 9.84 Å². The maximum absolute atomic E-state index is 11.9. The van der Waals surface area contributed by atoms with Crippen molar-refractivity contribution in [3.63, 3.8) is 0 Å². The third-order valence-corrected chi connectivity index (χ3v) is 5.85. The van der Waals surface area contributed by atoms with Crippen LogP contribution in [0, 0.1) is 5.92 Å². The minimum Gasteiger partial charge on any atom is -0.390 e. The van der Waals surface area contributed by atoms with Crippen LogP contribution in [0.4, 0.5) is 0 Å². The van der Waals surface area contributed by atoms with Crippen LogP contribution >= 0.6 is 0 Å². The lowest BCUT2D eigenvalue weighted by atomic mass is 9.89. The zero-order valence-electron chi connectivity index (χ0n) is 11.7. The van der Waals surface area contributed by atoms with Crippen LogP contribution in [0.1, 0.15) is 32.1 Å². The Labute approximate surface area is 120 Å². The largest absolute Gasteiger partial charge is 0.390 e. The van der Waals surface area contributed by atoms with Crippen LogP contribution in [0.15, 0.2) is 0 Å². The van der Waals surface area contributed by atoms with E-state index >= 15 is 0 Å². The smallest absolute Gasteiger partial charge is 0.223 e. The summed E-state index contributed by atoms with van der Waals surface area (Å²) in [4.78, 5) is 11.9. The SMILES string of the molecule is O=C(NCCN[C@H]1CS(=O)(=O)C[C@@H]1O)C1CCCCC1. The molecule has 0 bridgehead atoms. The van der Waals surface area contributed by atoms with Crippen LogP contribution in [0.5, 0.6) is 0 Å². The van der Waals surface area contributed by atoms with Gasteiger partial charge in [-0.25, -0.2) is 8.42 Å². The molecule has 1 aliphatic heterocycles. The van der Waals surface area contributed by atoms with Crippen molar-refractivity contribution in [3.05, 3.63) is 0 Å². The fourth-order valence-corrected chi connectivity index (χ4v) is 4.75. The van der Waals surface area contributed by atoms with Crippen molar-refractivity contribution in [2.45, 2.75) is 44.2 Å². The molecule has 0 aromatic carbocycles. The lowest BCUT2D eigenvalue weighted by Crippen LogP contribution is -2.43. The summed E-state index contributed by atoms with van der Waals surface area (Å²) >= 11 is 0. The highest BCUT2D eigenvalue weighted by Crippen LogP contribution is 2.23. The molecular weight excluding hydrogens is 280 g/mol. The van der Waals surface area contributed by atoms with Crippen molar-refractivity contribution in [1.29, 1.82) is 0 Å². The highest BCUT2D eigenvalue weighted by molar-refractivity contribution is 7.91. The van der Waals surface area contributed by atoms with E-state index in [2.05, 4.69) is 10.6 Å². The highest BCUT2D eigenvalue weighted by Gasteiger charge is 2.35. The van der Waals surface area contributed by atoms with E-state index in [4.69, 9.17) is 0 Å². The molecule has 0 radical (unpaired) electrons. The monoisotopic (exact) mass is 304 g/mol. The maximum atomic E-state index is 11.9. The molecule has 7 heteroatoms. The topological polar surface area (TPSA) is 95.5 Å². The number of hydrogen-bond acceptors (Lipinski definition) is 5. The Balaban J connectivity index is 1.63. The number of aliphatic hydroxyl groups is 1. The van der Waals surface area contributed by atoms with Crippen LogP contribution < -0.4 is 10.6 Å². The van der Waals surface area contributed by atoms with Gasteiger partial charge in [-0.15, -0.1) is 0 Å². The van der Waals surface area contributed by atoms with Crippen LogP contribution in [-0.2, 0) is 14.6 Å². The number of nitrogens with one attached hydrogen (secondary N) is 2. The van der Waals surface area contributed by atoms with E-state index in [1.54, 1.807) is 0 Å². The molecule has 0 unspecified atom stereocenters. The molecule has 1 heterocycles. The molecular formula is C13H24N2O4S. The molecule has 1 saturated carbocycles. The molecule has 0 spiro atoms. The summed E-state index contributed by atoms with van der Waals surface area (Å²) in [6, 6.07) is -0.411. The summed E-state index contributed by atoms with van der Waals surface area (Å²) in [5.74, 6) is 0.0522. The average molecular weight is 304 g/mol. The van der Waals surface area contributed by atoms with E-state index < -0.39 is 22.0 Å². The van der Waals surface area contributed by atoms with Crippen molar-refractivity contribution >= 4 is 15.7 Å². The van der Waals surface area contributed by atoms with Gasteiger partial charge in [-0.05, 0) is 12.8 Å². The van der Waals surface area contributed by atoms with E-state index in [-0.39, 0.29) is 23.3 Å². The number of rotatable bonds is 5. The molecule has 2 atom stereocenters. The van der Waals surface area contributed by atoms with E-state index in [1.165, 1.54) is 6.42 Å². The summed E-state index contributed by atoms with van der Waals surface area (Å²) in [6.07, 6.45) is 4.58. The van der Waals surface area contributed by atoms with Gasteiger partial charge in [0.25, 0.3) is 0 Å². The summed E-state index contributed by atoms with van der Waals surface area (Å²) < 4.78 is 22.7. The molecule has 2 rings (SSSR count). The zero-order chi connectivity index (χ0) is 14.6. The fraction of sp³-hybridized carbons (Fsp3) is 0.923. The van der Waals surface area contributed by atoms with Gasteiger partial charge in [-0.2, -0.15) is 0 Å². The first kappa shape index (κ1) is 15.7. The molecule has 1 saturated heterocycles. The molecule has 2 aliphatic rings. The minimum atomic E-state index is -3.12. The van der Waals surface area contributed by atoms with Gasteiger partial charge >= 0.3 is 0 Å². The van der Waals surface area contributed by atoms with E-state index in [0.29, 0.717) is 13.1 Å². The van der Waals surface area contributed by atoms with Crippen LogP contribution in [0.25, 0.3) is 0 Å². The number of sulfone groups is 1. The predicted octanol–water partition coefficient (Wildman–Crippen LogP) is -0.570. The minimum absolute atomic E-state index is 0.0231. The molecule has 2 fully saturated rings. The molecule has 0 aromatic heterocycles. The predicted molar refractivity (Wildman–Crippen MR) is 76.0 cm³/mol. The molecule has 20 heavy (non-hydrogen) atoms. The molecule has 1 aliphatic carbocycles. The first-order chi connectivity index (χ1) is 9.48. The Morgan fingerprint density at radius 2 is 1.80 bits per heavy atom. The Kier molecular flexibility index (Phi) is 5.40. The second-order valence-corrected chi connectivity index (χ2v) is 7.98. The second-order valence-electron chi connectivity index (χ2n) is 5.83. The Bertz CT molecular complexity index is 432. The zero-order valence-corrected chi connectivity index (χ0v) is 12.5. The van der Waals surface area contributed by atoms with Crippen molar-refractivity contribution in [2.24, 2.45) is 5.92 Å². The lowest BCUT2D eigenvalue weighted by molar-refractivity contribution is -0.125. The number of hydrogen-bond donors (Lipinski definition) is 3. The van der Waals surface area contributed by atoms with Gasteiger partial charge in [-0.3, -0.25) is 4.79 Å². The third-order valence-electron chi connectivity index (χ3n) is 4.13. The van der Waals surface area contributed by atoms with Gasteiger partial charge in [0.05, 0.1) is 17.6 Å². The second kappa shape index (κ2) is 6.87. The Morgan fingerprint density at radius 3 is 2.40 bits per heavy atom. The summed E-state index contributed by atoms with van der Waals surface area (Å²) in [6.45, 7) is 0.953. The van der Waals surface area contributed by atoms with Crippen LogP contribution in [0.3, 0.4) is 0 Å². The molecule has 3 N–H and O–H groups in total. The lowest BCUT2D eigenvalue weighted by Gasteiger charge is -2.21. The normalized spacial score (nSPS) is 30.2. The molecule has 1 amide bonds. The molecule has 0 aromatic rings.